The molecular weight excluding hydrogens is 182 g/mol. The normalized spacial score (nSPS) is 11.3. The zero-order valence-electron chi connectivity index (χ0n) is 8.63. The van der Waals surface area contributed by atoms with Crippen LogP contribution in [0.5, 0.6) is 0 Å². The van der Waals surface area contributed by atoms with Crippen LogP contribution >= 0.6 is 11.6 Å². The van der Waals surface area contributed by atoms with E-state index in [2.05, 4.69) is 38.7 Å². The first-order valence-corrected chi connectivity index (χ1v) is 5.05. The molecule has 1 heterocycles. The van der Waals surface area contributed by atoms with Crippen LogP contribution in [0.3, 0.4) is 0 Å². The van der Waals surface area contributed by atoms with Gasteiger partial charge in [0.1, 0.15) is 5.15 Å². The van der Waals surface area contributed by atoms with Gasteiger partial charge in [-0.25, -0.2) is 4.98 Å². The third-order valence-corrected chi connectivity index (χ3v) is 2.49. The third-order valence-electron chi connectivity index (χ3n) is 2.18. The summed E-state index contributed by atoms with van der Waals surface area (Å²) >= 11 is 5.98. The Bertz CT molecular complexity index is 292. The van der Waals surface area contributed by atoms with Gasteiger partial charge in [-0.15, -0.1) is 0 Å². The molecule has 1 aromatic heterocycles. The van der Waals surface area contributed by atoms with Crippen LogP contribution in [-0.4, -0.2) is 4.98 Å². The van der Waals surface area contributed by atoms with Crippen molar-refractivity contribution in [2.75, 3.05) is 0 Å². The van der Waals surface area contributed by atoms with Crippen molar-refractivity contribution in [1.82, 2.24) is 4.98 Å². The van der Waals surface area contributed by atoms with Gasteiger partial charge < -0.3 is 0 Å². The molecule has 0 aliphatic heterocycles. The number of halogens is 1. The molecule has 1 nitrogen and oxygen atoms in total. The summed E-state index contributed by atoms with van der Waals surface area (Å²) in [4.78, 5) is 4.19. The Hall–Kier alpha value is -0.560. The lowest BCUT2D eigenvalue weighted by molar-refractivity contribution is 0.820. The first kappa shape index (κ1) is 10.5. The molecule has 13 heavy (non-hydrogen) atoms. The Balaban J connectivity index is 3.11. The summed E-state index contributed by atoms with van der Waals surface area (Å²) in [7, 11) is 0. The van der Waals surface area contributed by atoms with E-state index in [0.29, 0.717) is 17.0 Å². The van der Waals surface area contributed by atoms with E-state index in [0.717, 1.165) is 5.56 Å². The number of rotatable bonds is 2. The van der Waals surface area contributed by atoms with Crippen LogP contribution in [0, 0.1) is 0 Å². The molecule has 0 aliphatic rings. The maximum Gasteiger partial charge on any atom is 0.132 e. The van der Waals surface area contributed by atoms with Gasteiger partial charge in [-0.3, -0.25) is 0 Å². The lowest BCUT2D eigenvalue weighted by atomic mass is 9.99. The Morgan fingerprint density at radius 3 is 2.23 bits per heavy atom. The molecule has 2 heteroatoms. The van der Waals surface area contributed by atoms with E-state index < -0.39 is 0 Å². The van der Waals surface area contributed by atoms with Crippen LogP contribution in [0.1, 0.15) is 50.7 Å². The van der Waals surface area contributed by atoms with Gasteiger partial charge in [0.25, 0.3) is 0 Å². The highest BCUT2D eigenvalue weighted by molar-refractivity contribution is 6.30. The van der Waals surface area contributed by atoms with Gasteiger partial charge in [0.05, 0.1) is 0 Å². The van der Waals surface area contributed by atoms with Gasteiger partial charge in [-0.1, -0.05) is 45.4 Å². The number of pyridine rings is 1. The smallest absolute Gasteiger partial charge is 0.132 e. The van der Waals surface area contributed by atoms with Crippen molar-refractivity contribution in [2.24, 2.45) is 0 Å². The number of hydrogen-bond acceptors (Lipinski definition) is 1. The lowest BCUT2D eigenvalue weighted by Gasteiger charge is -2.11. The number of aromatic nitrogens is 1. The van der Waals surface area contributed by atoms with Crippen LogP contribution in [0.2, 0.25) is 5.15 Å². The fourth-order valence-corrected chi connectivity index (χ4v) is 1.52. The average Bonchev–Trinajstić information content (AvgIpc) is 2.04. The van der Waals surface area contributed by atoms with Gasteiger partial charge in [-0.05, 0) is 23.0 Å². The van der Waals surface area contributed by atoms with Crippen LogP contribution in [0.4, 0.5) is 0 Å². The minimum absolute atomic E-state index is 0.443. The maximum atomic E-state index is 5.98. The summed E-state index contributed by atoms with van der Waals surface area (Å²) in [6.45, 7) is 8.59. The number of hydrogen-bond donors (Lipinski definition) is 0. The molecule has 0 saturated heterocycles. The van der Waals surface area contributed by atoms with Crippen molar-refractivity contribution >= 4 is 11.6 Å². The maximum absolute atomic E-state index is 5.98. The first-order valence-electron chi connectivity index (χ1n) is 4.67. The summed E-state index contributed by atoms with van der Waals surface area (Å²) in [5.41, 5.74) is 2.40. The molecule has 0 atom stereocenters. The Labute approximate surface area is 85.1 Å². The third kappa shape index (κ3) is 2.44. The molecule has 1 aromatic rings. The Kier molecular flexibility index (Phi) is 3.32. The second-order valence-corrected chi connectivity index (χ2v) is 4.32. The SMILES string of the molecule is CC(C)c1cnc(Cl)c(C(C)C)c1. The van der Waals surface area contributed by atoms with Gasteiger partial charge >= 0.3 is 0 Å². The average molecular weight is 198 g/mol. The summed E-state index contributed by atoms with van der Waals surface area (Å²) in [6, 6.07) is 2.16. The minimum atomic E-state index is 0.443. The molecule has 0 aliphatic carbocycles. The van der Waals surface area contributed by atoms with Crippen LogP contribution in [0.15, 0.2) is 12.3 Å². The molecule has 0 bridgehead atoms. The largest absolute Gasteiger partial charge is 0.244 e. The fraction of sp³-hybridized carbons (Fsp3) is 0.545. The summed E-state index contributed by atoms with van der Waals surface area (Å²) in [5.74, 6) is 0.959. The highest BCUT2D eigenvalue weighted by Crippen LogP contribution is 2.25. The van der Waals surface area contributed by atoms with Crippen molar-refractivity contribution < 1.29 is 0 Å². The predicted octanol–water partition coefficient (Wildman–Crippen LogP) is 3.98. The van der Waals surface area contributed by atoms with E-state index in [-0.39, 0.29) is 0 Å². The minimum Gasteiger partial charge on any atom is -0.244 e. The van der Waals surface area contributed by atoms with E-state index in [9.17, 15) is 0 Å². The highest BCUT2D eigenvalue weighted by atomic mass is 35.5. The first-order chi connectivity index (χ1) is 6.02. The van der Waals surface area contributed by atoms with E-state index in [1.165, 1.54) is 5.56 Å². The van der Waals surface area contributed by atoms with Gasteiger partial charge in [0.2, 0.25) is 0 Å². The van der Waals surface area contributed by atoms with Crippen LogP contribution < -0.4 is 0 Å². The monoisotopic (exact) mass is 197 g/mol. The number of nitrogens with zero attached hydrogens (tertiary/aromatic N) is 1. The predicted molar refractivity (Wildman–Crippen MR) is 57.4 cm³/mol. The molecule has 0 N–H and O–H groups in total. The van der Waals surface area contributed by atoms with Crippen molar-refractivity contribution in [3.63, 3.8) is 0 Å². The van der Waals surface area contributed by atoms with Crippen molar-refractivity contribution in [3.05, 3.63) is 28.5 Å². The van der Waals surface area contributed by atoms with Crippen LogP contribution in [-0.2, 0) is 0 Å². The molecule has 0 aromatic carbocycles. The second kappa shape index (κ2) is 4.10. The molecule has 0 fully saturated rings. The molecule has 0 saturated carbocycles. The topological polar surface area (TPSA) is 12.9 Å². The molecular formula is C11H16ClN. The molecule has 0 unspecified atom stereocenters. The van der Waals surface area contributed by atoms with E-state index in [4.69, 9.17) is 11.6 Å². The molecule has 1 rings (SSSR count). The van der Waals surface area contributed by atoms with Crippen LogP contribution in [0.25, 0.3) is 0 Å². The zero-order valence-corrected chi connectivity index (χ0v) is 9.39. The summed E-state index contributed by atoms with van der Waals surface area (Å²) in [6.07, 6.45) is 1.86. The molecule has 0 amide bonds. The molecule has 0 spiro atoms. The van der Waals surface area contributed by atoms with E-state index >= 15 is 0 Å². The highest BCUT2D eigenvalue weighted by Gasteiger charge is 2.08. The summed E-state index contributed by atoms with van der Waals surface area (Å²) < 4.78 is 0. The second-order valence-electron chi connectivity index (χ2n) is 3.96. The molecule has 0 radical (unpaired) electrons. The standard InChI is InChI=1S/C11H16ClN/c1-7(2)9-5-10(8(3)4)11(12)13-6-9/h5-8H,1-4H3. The Morgan fingerprint density at radius 1 is 1.15 bits per heavy atom. The van der Waals surface area contributed by atoms with E-state index in [1.54, 1.807) is 0 Å². The van der Waals surface area contributed by atoms with Crippen molar-refractivity contribution in [1.29, 1.82) is 0 Å². The van der Waals surface area contributed by atoms with Gasteiger partial charge in [-0.2, -0.15) is 0 Å². The van der Waals surface area contributed by atoms with Gasteiger partial charge in [0.15, 0.2) is 0 Å². The Morgan fingerprint density at radius 2 is 1.77 bits per heavy atom. The van der Waals surface area contributed by atoms with E-state index in [1.807, 2.05) is 6.20 Å². The van der Waals surface area contributed by atoms with Gasteiger partial charge in [0, 0.05) is 6.20 Å². The zero-order chi connectivity index (χ0) is 10.0. The van der Waals surface area contributed by atoms with Crippen molar-refractivity contribution in [2.45, 2.75) is 39.5 Å². The quantitative estimate of drug-likeness (QED) is 0.654. The fourth-order valence-electron chi connectivity index (χ4n) is 1.20. The summed E-state index contributed by atoms with van der Waals surface area (Å²) in [5, 5.41) is 0.638. The molecule has 72 valence electrons. The lowest BCUT2D eigenvalue weighted by Crippen LogP contribution is -1.96. The van der Waals surface area contributed by atoms with Crippen molar-refractivity contribution in [3.8, 4) is 0 Å².